The van der Waals surface area contributed by atoms with Crippen molar-refractivity contribution in [3.8, 4) is 0 Å². The summed E-state index contributed by atoms with van der Waals surface area (Å²) in [7, 11) is 0. The number of carbonyl (C=O) groups is 3. The van der Waals surface area contributed by atoms with Crippen molar-refractivity contribution in [2.24, 2.45) is 28.6 Å². The highest BCUT2D eigenvalue weighted by molar-refractivity contribution is 5.91. The van der Waals surface area contributed by atoms with E-state index in [4.69, 9.17) is 0 Å². The summed E-state index contributed by atoms with van der Waals surface area (Å²) in [6, 6.07) is -0.268. The highest BCUT2D eigenvalue weighted by atomic mass is 16.2. The Morgan fingerprint density at radius 1 is 1.00 bits per heavy atom. The first-order valence-electron chi connectivity index (χ1n) is 11.8. The van der Waals surface area contributed by atoms with Crippen molar-refractivity contribution in [3.05, 3.63) is 0 Å². The minimum atomic E-state index is -0.268. The van der Waals surface area contributed by atoms with Crippen LogP contribution in [0.15, 0.2) is 0 Å². The Hall–Kier alpha value is -1.59. The SMILES string of the molecule is O=C1CC2(CCN(C(=O)C3CCCN3C(=O)C34CC5CC(CC(C5)C3)C4)C2)CN1. The molecule has 158 valence electrons. The van der Waals surface area contributed by atoms with Gasteiger partial charge in [-0.1, -0.05) is 0 Å². The molecule has 7 rings (SSSR count). The summed E-state index contributed by atoms with van der Waals surface area (Å²) in [5, 5.41) is 2.94. The van der Waals surface area contributed by atoms with E-state index in [9.17, 15) is 14.4 Å². The van der Waals surface area contributed by atoms with Crippen LogP contribution in [0.1, 0.15) is 64.2 Å². The van der Waals surface area contributed by atoms with Crippen LogP contribution in [0.25, 0.3) is 0 Å². The summed E-state index contributed by atoms with van der Waals surface area (Å²) < 4.78 is 0. The largest absolute Gasteiger partial charge is 0.355 e. The Kier molecular flexibility index (Phi) is 3.90. The zero-order valence-electron chi connectivity index (χ0n) is 17.3. The van der Waals surface area contributed by atoms with Crippen LogP contribution in [0.4, 0.5) is 0 Å². The minimum absolute atomic E-state index is 0.0693. The van der Waals surface area contributed by atoms with Crippen LogP contribution in [0.2, 0.25) is 0 Å². The van der Waals surface area contributed by atoms with Gasteiger partial charge in [-0.05, 0) is 75.5 Å². The maximum Gasteiger partial charge on any atom is 0.245 e. The molecule has 0 radical (unpaired) electrons. The van der Waals surface area contributed by atoms with E-state index in [0.717, 1.165) is 69.4 Å². The lowest BCUT2D eigenvalue weighted by atomic mass is 9.49. The van der Waals surface area contributed by atoms with Crippen molar-refractivity contribution >= 4 is 17.7 Å². The molecule has 3 saturated heterocycles. The van der Waals surface area contributed by atoms with Crippen molar-refractivity contribution in [3.63, 3.8) is 0 Å². The van der Waals surface area contributed by atoms with Gasteiger partial charge in [0.1, 0.15) is 6.04 Å². The molecule has 0 aromatic rings. The second-order valence-electron chi connectivity index (χ2n) is 11.3. The van der Waals surface area contributed by atoms with Gasteiger partial charge in [-0.2, -0.15) is 0 Å². The average molecular weight is 400 g/mol. The molecule has 0 aromatic heterocycles. The summed E-state index contributed by atoms with van der Waals surface area (Å²) in [4.78, 5) is 42.9. The molecule has 3 heterocycles. The molecule has 3 aliphatic heterocycles. The molecule has 6 nitrogen and oxygen atoms in total. The lowest BCUT2D eigenvalue weighted by Gasteiger charge is -2.56. The smallest absolute Gasteiger partial charge is 0.245 e. The molecule has 4 aliphatic carbocycles. The summed E-state index contributed by atoms with van der Waals surface area (Å²) in [6.07, 6.45) is 10.4. The van der Waals surface area contributed by atoms with Crippen LogP contribution in [0.3, 0.4) is 0 Å². The molecule has 1 spiro atoms. The van der Waals surface area contributed by atoms with Crippen LogP contribution < -0.4 is 5.32 Å². The molecule has 3 amide bonds. The molecule has 29 heavy (non-hydrogen) atoms. The highest BCUT2D eigenvalue weighted by Crippen LogP contribution is 2.60. The highest BCUT2D eigenvalue weighted by Gasteiger charge is 2.57. The van der Waals surface area contributed by atoms with Crippen LogP contribution >= 0.6 is 0 Å². The standard InChI is InChI=1S/C23H33N3O3/c27-19-12-22(13-24-19)3-5-25(14-22)20(28)18-2-1-4-26(18)21(29)23-9-15-6-16(10-23)8-17(7-15)11-23/h15-18H,1-14H2,(H,24,27). The molecule has 4 saturated carbocycles. The third-order valence-corrected chi connectivity index (χ3v) is 9.24. The fourth-order valence-electron chi connectivity index (χ4n) is 8.32. The third-order valence-electron chi connectivity index (χ3n) is 9.24. The van der Waals surface area contributed by atoms with Gasteiger partial charge < -0.3 is 15.1 Å². The lowest BCUT2D eigenvalue weighted by molar-refractivity contribution is -0.161. The maximum atomic E-state index is 13.8. The molecule has 6 heteroatoms. The third kappa shape index (κ3) is 2.77. The number of nitrogens with one attached hydrogen (secondary N) is 1. The number of amides is 3. The molecular formula is C23H33N3O3. The second kappa shape index (κ2) is 6.21. The van der Waals surface area contributed by atoms with Crippen molar-refractivity contribution in [1.82, 2.24) is 15.1 Å². The van der Waals surface area contributed by atoms with Gasteiger partial charge in [0.15, 0.2) is 0 Å². The topological polar surface area (TPSA) is 69.7 Å². The van der Waals surface area contributed by atoms with Crippen LogP contribution in [-0.4, -0.2) is 59.7 Å². The Bertz CT molecular complexity index is 729. The molecule has 2 unspecified atom stereocenters. The van der Waals surface area contributed by atoms with Gasteiger partial charge in [0.25, 0.3) is 0 Å². The fraction of sp³-hybridized carbons (Fsp3) is 0.870. The van der Waals surface area contributed by atoms with Gasteiger partial charge in [-0.3, -0.25) is 14.4 Å². The van der Waals surface area contributed by atoms with Crippen molar-refractivity contribution < 1.29 is 14.4 Å². The van der Waals surface area contributed by atoms with E-state index in [-0.39, 0.29) is 28.7 Å². The molecule has 0 aromatic carbocycles. The van der Waals surface area contributed by atoms with E-state index in [1.165, 1.54) is 19.3 Å². The Morgan fingerprint density at radius 3 is 2.31 bits per heavy atom. The first kappa shape index (κ1) is 18.2. The molecule has 7 aliphatic rings. The van der Waals surface area contributed by atoms with Crippen molar-refractivity contribution in [2.45, 2.75) is 70.3 Å². The Balaban J connectivity index is 1.18. The van der Waals surface area contributed by atoms with Gasteiger partial charge in [0.2, 0.25) is 17.7 Å². The van der Waals surface area contributed by atoms with Crippen LogP contribution in [0.5, 0.6) is 0 Å². The number of hydrogen-bond donors (Lipinski definition) is 1. The number of likely N-dealkylation sites (tertiary alicyclic amines) is 2. The normalized spacial score (nSPS) is 45.4. The van der Waals surface area contributed by atoms with Crippen LogP contribution in [-0.2, 0) is 14.4 Å². The minimum Gasteiger partial charge on any atom is -0.355 e. The predicted molar refractivity (Wildman–Crippen MR) is 107 cm³/mol. The van der Waals surface area contributed by atoms with E-state index in [2.05, 4.69) is 5.32 Å². The molecule has 4 bridgehead atoms. The first-order chi connectivity index (χ1) is 14.0. The number of rotatable bonds is 2. The maximum absolute atomic E-state index is 13.8. The zero-order chi connectivity index (χ0) is 19.8. The zero-order valence-corrected chi connectivity index (χ0v) is 17.3. The van der Waals surface area contributed by atoms with E-state index in [0.29, 0.717) is 25.4 Å². The number of nitrogens with zero attached hydrogens (tertiary/aromatic N) is 2. The number of hydrogen-bond acceptors (Lipinski definition) is 3. The molecular weight excluding hydrogens is 366 g/mol. The summed E-state index contributed by atoms with van der Waals surface area (Å²) in [6.45, 7) is 2.83. The summed E-state index contributed by atoms with van der Waals surface area (Å²) >= 11 is 0. The van der Waals surface area contributed by atoms with Gasteiger partial charge in [-0.25, -0.2) is 0 Å². The van der Waals surface area contributed by atoms with Crippen LogP contribution in [0, 0.1) is 28.6 Å². The van der Waals surface area contributed by atoms with Crippen molar-refractivity contribution in [2.75, 3.05) is 26.2 Å². The predicted octanol–water partition coefficient (Wildman–Crippen LogP) is 1.93. The van der Waals surface area contributed by atoms with E-state index < -0.39 is 0 Å². The lowest BCUT2D eigenvalue weighted by Crippen LogP contribution is -2.57. The van der Waals surface area contributed by atoms with E-state index in [1.807, 2.05) is 9.80 Å². The first-order valence-corrected chi connectivity index (χ1v) is 11.8. The van der Waals surface area contributed by atoms with Gasteiger partial charge in [0.05, 0.1) is 5.41 Å². The molecule has 2 atom stereocenters. The Morgan fingerprint density at radius 2 is 1.69 bits per heavy atom. The Labute approximate surface area is 172 Å². The van der Waals surface area contributed by atoms with Crippen molar-refractivity contribution in [1.29, 1.82) is 0 Å². The monoisotopic (exact) mass is 399 g/mol. The quantitative estimate of drug-likeness (QED) is 0.771. The van der Waals surface area contributed by atoms with E-state index >= 15 is 0 Å². The molecule has 7 fully saturated rings. The second-order valence-corrected chi connectivity index (χ2v) is 11.3. The van der Waals surface area contributed by atoms with Gasteiger partial charge >= 0.3 is 0 Å². The van der Waals surface area contributed by atoms with E-state index in [1.54, 1.807) is 0 Å². The molecule has 1 N–H and O–H groups in total. The van der Waals surface area contributed by atoms with Gasteiger partial charge in [-0.15, -0.1) is 0 Å². The summed E-state index contributed by atoms with van der Waals surface area (Å²) in [5.74, 6) is 2.78. The summed E-state index contributed by atoms with van der Waals surface area (Å²) in [5.41, 5.74) is -0.230. The fourth-order valence-corrected chi connectivity index (χ4v) is 8.32. The number of carbonyl (C=O) groups excluding carboxylic acids is 3. The van der Waals surface area contributed by atoms with Gasteiger partial charge in [0, 0.05) is 38.0 Å². The average Bonchev–Trinajstić information content (AvgIpc) is 3.40.